The molecule has 1 saturated carbocycles. The summed E-state index contributed by atoms with van der Waals surface area (Å²) in [4.78, 5) is 47.9. The van der Waals surface area contributed by atoms with E-state index in [1.54, 1.807) is 11.0 Å². The fourth-order valence-corrected chi connectivity index (χ4v) is 6.91. The van der Waals surface area contributed by atoms with Crippen molar-refractivity contribution in [2.45, 2.75) is 71.3 Å². The molecule has 0 bridgehead atoms. The minimum Gasteiger partial charge on any atom is -0.323 e. The number of anilines is 1. The number of aromatic nitrogens is 1. The maximum Gasteiger partial charge on any atom is 0.325 e. The Labute approximate surface area is 187 Å². The van der Waals surface area contributed by atoms with Gasteiger partial charge in [0.1, 0.15) is 12.1 Å². The number of hydrogen-bond donors (Lipinski definition) is 1. The molecular formula is C23H32N4O3S. The van der Waals surface area contributed by atoms with Crippen molar-refractivity contribution in [3.05, 3.63) is 23.2 Å². The highest BCUT2D eigenvalue weighted by molar-refractivity contribution is 7.16. The van der Waals surface area contributed by atoms with Crippen molar-refractivity contribution in [2.75, 3.05) is 18.0 Å². The first-order chi connectivity index (χ1) is 14.6. The van der Waals surface area contributed by atoms with Gasteiger partial charge in [-0.05, 0) is 56.3 Å². The second-order valence-corrected chi connectivity index (χ2v) is 11.2. The SMILES string of the molecule is C=CCN(C(=O)CN1C(=O)NC2(CC(C)CC(C)(C)C2)C1=O)c1nc2c(s1)CCCC2. The summed E-state index contributed by atoms with van der Waals surface area (Å²) in [7, 11) is 0. The average Bonchev–Trinajstić information content (AvgIpc) is 3.19. The smallest absolute Gasteiger partial charge is 0.323 e. The molecule has 2 unspecified atom stereocenters. The van der Waals surface area contributed by atoms with Crippen molar-refractivity contribution < 1.29 is 14.4 Å². The lowest BCUT2D eigenvalue weighted by molar-refractivity contribution is -0.137. The van der Waals surface area contributed by atoms with Gasteiger partial charge in [0.2, 0.25) is 5.91 Å². The Bertz CT molecular complexity index is 900. The van der Waals surface area contributed by atoms with Crippen LogP contribution in [0.5, 0.6) is 0 Å². The summed E-state index contributed by atoms with van der Waals surface area (Å²) in [5.74, 6) is -0.264. The molecule has 168 valence electrons. The monoisotopic (exact) mass is 444 g/mol. The van der Waals surface area contributed by atoms with Gasteiger partial charge in [0.15, 0.2) is 5.13 Å². The van der Waals surface area contributed by atoms with Crippen LogP contribution >= 0.6 is 11.3 Å². The Hall–Kier alpha value is -2.22. The molecule has 3 aliphatic rings. The van der Waals surface area contributed by atoms with Crippen LogP contribution in [-0.2, 0) is 22.4 Å². The molecule has 31 heavy (non-hydrogen) atoms. The Morgan fingerprint density at radius 2 is 2.06 bits per heavy atom. The minimum atomic E-state index is -0.901. The van der Waals surface area contributed by atoms with E-state index < -0.39 is 11.6 Å². The van der Waals surface area contributed by atoms with Gasteiger partial charge in [0.05, 0.1) is 5.69 Å². The van der Waals surface area contributed by atoms with Gasteiger partial charge >= 0.3 is 6.03 Å². The van der Waals surface area contributed by atoms with Gasteiger partial charge in [-0.3, -0.25) is 19.4 Å². The van der Waals surface area contributed by atoms with E-state index in [2.05, 4.69) is 37.7 Å². The molecule has 1 N–H and O–H groups in total. The number of carbonyl (C=O) groups is 3. The van der Waals surface area contributed by atoms with Crippen LogP contribution in [0.15, 0.2) is 12.7 Å². The van der Waals surface area contributed by atoms with Crippen molar-refractivity contribution >= 4 is 34.3 Å². The zero-order chi connectivity index (χ0) is 22.4. The van der Waals surface area contributed by atoms with Gasteiger partial charge in [-0.1, -0.05) is 26.8 Å². The Morgan fingerprint density at radius 3 is 2.74 bits per heavy atom. The van der Waals surface area contributed by atoms with Crippen LogP contribution in [0.4, 0.5) is 9.93 Å². The largest absolute Gasteiger partial charge is 0.325 e. The zero-order valence-corrected chi connectivity index (χ0v) is 19.5. The summed E-state index contributed by atoms with van der Waals surface area (Å²) >= 11 is 1.54. The number of thiazole rings is 1. The van der Waals surface area contributed by atoms with Gasteiger partial charge in [0, 0.05) is 11.4 Å². The van der Waals surface area contributed by atoms with Crippen molar-refractivity contribution in [2.24, 2.45) is 11.3 Å². The molecule has 8 heteroatoms. The van der Waals surface area contributed by atoms with Gasteiger partial charge < -0.3 is 5.32 Å². The molecule has 4 amide bonds. The molecule has 2 atom stereocenters. The molecule has 2 heterocycles. The molecule has 1 saturated heterocycles. The molecule has 1 aromatic heterocycles. The first-order valence-corrected chi connectivity index (χ1v) is 12.0. The molecule has 1 spiro atoms. The molecule has 1 aromatic rings. The lowest BCUT2D eigenvalue weighted by atomic mass is 9.64. The molecular weight excluding hydrogens is 412 g/mol. The predicted molar refractivity (Wildman–Crippen MR) is 121 cm³/mol. The molecule has 0 aromatic carbocycles. The molecule has 1 aliphatic heterocycles. The number of fused-ring (bicyclic) bond motifs is 1. The van der Waals surface area contributed by atoms with Crippen LogP contribution in [0.2, 0.25) is 0 Å². The highest BCUT2D eigenvalue weighted by Gasteiger charge is 2.56. The fraction of sp³-hybridized carbons (Fsp3) is 0.652. The summed E-state index contributed by atoms with van der Waals surface area (Å²) < 4.78 is 0. The first-order valence-electron chi connectivity index (χ1n) is 11.2. The topological polar surface area (TPSA) is 82.6 Å². The van der Waals surface area contributed by atoms with E-state index in [1.165, 1.54) is 16.2 Å². The minimum absolute atomic E-state index is 0.0462. The first kappa shape index (κ1) is 22.0. The van der Waals surface area contributed by atoms with Crippen molar-refractivity contribution in [1.82, 2.24) is 15.2 Å². The number of urea groups is 1. The van der Waals surface area contributed by atoms with E-state index in [4.69, 9.17) is 0 Å². The standard InChI is InChI=1S/C23H32N4O3S/c1-5-10-26(21-24-16-8-6-7-9-17(16)31-21)18(28)13-27-19(29)23(25-20(27)30)12-15(2)11-22(3,4)14-23/h5,15H,1,6-14H2,2-4H3,(H,25,30). The van der Waals surface area contributed by atoms with Crippen molar-refractivity contribution in [3.63, 3.8) is 0 Å². The number of amides is 4. The highest BCUT2D eigenvalue weighted by Crippen LogP contribution is 2.46. The third kappa shape index (κ3) is 4.14. The number of hydrogen-bond acceptors (Lipinski definition) is 5. The Balaban J connectivity index is 1.54. The number of rotatable bonds is 5. The maximum atomic E-state index is 13.4. The van der Waals surface area contributed by atoms with Gasteiger partial charge in [-0.2, -0.15) is 0 Å². The number of nitrogens with zero attached hydrogens (tertiary/aromatic N) is 3. The number of carbonyl (C=O) groups excluding carboxylic acids is 3. The lowest BCUT2D eigenvalue weighted by Gasteiger charge is -2.43. The van der Waals surface area contributed by atoms with Crippen LogP contribution in [0.25, 0.3) is 0 Å². The molecule has 2 fully saturated rings. The predicted octanol–water partition coefficient (Wildman–Crippen LogP) is 3.68. The second kappa shape index (κ2) is 8.04. The number of nitrogens with one attached hydrogen (secondary N) is 1. The van der Waals surface area contributed by atoms with Gasteiger partial charge in [-0.25, -0.2) is 9.78 Å². The fourth-order valence-electron chi connectivity index (χ4n) is 5.74. The normalized spacial score (nSPS) is 27.2. The summed E-state index contributed by atoms with van der Waals surface area (Å²) in [5, 5.41) is 3.58. The van der Waals surface area contributed by atoms with Gasteiger partial charge in [-0.15, -0.1) is 17.9 Å². The van der Waals surface area contributed by atoms with E-state index in [9.17, 15) is 14.4 Å². The molecule has 2 aliphatic carbocycles. The lowest BCUT2D eigenvalue weighted by Crippen LogP contribution is -2.54. The van der Waals surface area contributed by atoms with Crippen LogP contribution in [0.3, 0.4) is 0 Å². The molecule has 4 rings (SSSR count). The Kier molecular flexibility index (Phi) is 5.70. The summed E-state index contributed by atoms with van der Waals surface area (Å²) in [6.07, 6.45) is 8.05. The molecule has 7 nitrogen and oxygen atoms in total. The maximum absolute atomic E-state index is 13.4. The van der Waals surface area contributed by atoms with E-state index in [1.807, 2.05) is 0 Å². The second-order valence-electron chi connectivity index (χ2n) is 10.1. The van der Waals surface area contributed by atoms with E-state index >= 15 is 0 Å². The highest BCUT2D eigenvalue weighted by atomic mass is 32.1. The third-order valence-electron chi connectivity index (χ3n) is 6.60. The van der Waals surface area contributed by atoms with Crippen molar-refractivity contribution in [3.8, 4) is 0 Å². The Morgan fingerprint density at radius 1 is 1.32 bits per heavy atom. The van der Waals surface area contributed by atoms with Crippen LogP contribution in [0, 0.1) is 11.3 Å². The van der Waals surface area contributed by atoms with Gasteiger partial charge in [0.25, 0.3) is 5.91 Å². The zero-order valence-electron chi connectivity index (χ0n) is 18.7. The summed E-state index contributed by atoms with van der Waals surface area (Å²) in [6, 6.07) is -0.472. The van der Waals surface area contributed by atoms with Crippen LogP contribution in [0.1, 0.15) is 63.4 Å². The van der Waals surface area contributed by atoms with Crippen LogP contribution in [-0.4, -0.2) is 46.4 Å². The third-order valence-corrected chi connectivity index (χ3v) is 7.78. The molecule has 0 radical (unpaired) electrons. The quantitative estimate of drug-likeness (QED) is 0.555. The number of imide groups is 1. The summed E-state index contributed by atoms with van der Waals surface area (Å²) in [6.45, 7) is 10.2. The number of aryl methyl sites for hydroxylation is 2. The van der Waals surface area contributed by atoms with E-state index in [0.29, 0.717) is 30.4 Å². The average molecular weight is 445 g/mol. The van der Waals surface area contributed by atoms with E-state index in [-0.39, 0.29) is 23.8 Å². The van der Waals surface area contributed by atoms with Crippen molar-refractivity contribution in [1.29, 1.82) is 0 Å². The van der Waals surface area contributed by atoms with E-state index in [0.717, 1.165) is 42.7 Å². The summed E-state index contributed by atoms with van der Waals surface area (Å²) in [5.41, 5.74) is 0.123. The van der Waals surface area contributed by atoms with Crippen LogP contribution < -0.4 is 10.2 Å².